The largest absolute Gasteiger partial charge is 0.360 e. The van der Waals surface area contributed by atoms with Crippen LogP contribution in [0.25, 0.3) is 10.9 Å². The number of fused-ring (bicyclic) bond motifs is 1. The lowest BCUT2D eigenvalue weighted by atomic mass is 10.2. The summed E-state index contributed by atoms with van der Waals surface area (Å²) in [5, 5.41) is 7.30. The van der Waals surface area contributed by atoms with Crippen molar-refractivity contribution < 1.29 is 4.79 Å². The fourth-order valence-electron chi connectivity index (χ4n) is 3.64. The Morgan fingerprint density at radius 2 is 1.78 bits per heavy atom. The summed E-state index contributed by atoms with van der Waals surface area (Å²) in [6, 6.07) is 19.3. The summed E-state index contributed by atoms with van der Waals surface area (Å²) in [5.41, 5.74) is 2.44. The van der Waals surface area contributed by atoms with Gasteiger partial charge in [-0.3, -0.25) is 9.78 Å². The molecule has 1 aromatic heterocycles. The zero-order valence-corrected chi connectivity index (χ0v) is 19.9. The summed E-state index contributed by atoms with van der Waals surface area (Å²) in [7, 11) is 0. The second-order valence-corrected chi connectivity index (χ2v) is 10.0. The Balaban J connectivity index is 1.48. The summed E-state index contributed by atoms with van der Waals surface area (Å²) < 4.78 is -1.80. The van der Waals surface area contributed by atoms with Crippen LogP contribution in [0.1, 0.15) is 0 Å². The van der Waals surface area contributed by atoms with Gasteiger partial charge in [0, 0.05) is 30.4 Å². The number of amides is 1. The first-order chi connectivity index (χ1) is 15.3. The quantitative estimate of drug-likeness (QED) is 0.398. The van der Waals surface area contributed by atoms with Crippen LogP contribution in [-0.4, -0.2) is 50.5 Å². The van der Waals surface area contributed by atoms with E-state index in [1.54, 1.807) is 6.20 Å². The molecule has 6 nitrogen and oxygen atoms in total. The summed E-state index contributed by atoms with van der Waals surface area (Å²) in [4.78, 5) is 20.9. The van der Waals surface area contributed by atoms with Gasteiger partial charge >= 0.3 is 0 Å². The highest BCUT2D eigenvalue weighted by molar-refractivity contribution is 7.80. The highest BCUT2D eigenvalue weighted by Gasteiger charge is 2.42. The Labute approximate surface area is 206 Å². The Bertz CT molecular complexity index is 1120. The summed E-state index contributed by atoms with van der Waals surface area (Å²) in [5.74, 6) is -0.168. The van der Waals surface area contributed by atoms with Gasteiger partial charge < -0.3 is 20.4 Å². The van der Waals surface area contributed by atoms with Gasteiger partial charge in [0.25, 0.3) is 0 Å². The van der Waals surface area contributed by atoms with Crippen LogP contribution in [0, 0.1) is 0 Å². The number of nitrogens with one attached hydrogen (secondary N) is 2. The molecule has 166 valence electrons. The highest BCUT2D eigenvalue weighted by atomic mass is 35.6. The molecule has 1 unspecified atom stereocenters. The lowest BCUT2D eigenvalue weighted by Crippen LogP contribution is -2.63. The van der Waals surface area contributed by atoms with Crippen LogP contribution >= 0.6 is 47.0 Å². The number of halogens is 3. The molecule has 10 heteroatoms. The van der Waals surface area contributed by atoms with Crippen LogP contribution in [0.4, 0.5) is 11.4 Å². The lowest BCUT2D eigenvalue weighted by molar-refractivity contribution is -0.133. The van der Waals surface area contributed by atoms with Crippen molar-refractivity contribution in [3.05, 3.63) is 66.9 Å². The molecule has 0 aliphatic carbocycles. The van der Waals surface area contributed by atoms with Gasteiger partial charge in [0.2, 0.25) is 9.70 Å². The Hall–Kier alpha value is -2.32. The number of rotatable bonds is 4. The second kappa shape index (κ2) is 9.67. The Morgan fingerprint density at radius 3 is 2.50 bits per heavy atom. The number of piperazine rings is 1. The summed E-state index contributed by atoms with van der Waals surface area (Å²) in [6.45, 7) is 1.15. The van der Waals surface area contributed by atoms with E-state index >= 15 is 0 Å². The maximum atomic E-state index is 13.0. The van der Waals surface area contributed by atoms with Crippen molar-refractivity contribution in [3.63, 3.8) is 0 Å². The first-order valence-electron chi connectivity index (χ1n) is 9.90. The minimum absolute atomic E-state index is 0.168. The lowest BCUT2D eigenvalue weighted by Gasteiger charge is -2.42. The zero-order valence-electron chi connectivity index (χ0n) is 16.8. The van der Waals surface area contributed by atoms with Crippen molar-refractivity contribution in [1.82, 2.24) is 15.2 Å². The second-order valence-electron chi connectivity index (χ2n) is 7.27. The summed E-state index contributed by atoms with van der Waals surface area (Å²) >= 11 is 24.2. The average molecular weight is 509 g/mol. The van der Waals surface area contributed by atoms with Crippen LogP contribution in [0.15, 0.2) is 66.9 Å². The van der Waals surface area contributed by atoms with Crippen molar-refractivity contribution in [2.24, 2.45) is 0 Å². The predicted molar refractivity (Wildman–Crippen MR) is 136 cm³/mol. The number of benzene rings is 2. The number of anilines is 2. The molecule has 1 aliphatic heterocycles. The molecule has 3 aromatic rings. The van der Waals surface area contributed by atoms with Crippen molar-refractivity contribution in [2.75, 3.05) is 29.9 Å². The van der Waals surface area contributed by atoms with Crippen molar-refractivity contribution in [1.29, 1.82) is 0 Å². The molecule has 2 heterocycles. The van der Waals surface area contributed by atoms with Gasteiger partial charge in [0.1, 0.15) is 0 Å². The standard InChI is InChI=1S/C22H20Cl3N5OS/c23-22(24,25)20(30-13-12-29(14-18(30)31)16-8-2-1-3-9-16)28-21(32)27-17-10-4-6-15-7-5-11-26-19(15)17/h1-11,20H,12-14H2,(H2,27,28,32). The van der Waals surface area contributed by atoms with Gasteiger partial charge in [0.05, 0.1) is 17.7 Å². The summed E-state index contributed by atoms with van der Waals surface area (Å²) in [6.07, 6.45) is 0.764. The van der Waals surface area contributed by atoms with Crippen molar-refractivity contribution in [2.45, 2.75) is 9.96 Å². The molecule has 1 saturated heterocycles. The maximum Gasteiger partial charge on any atom is 0.243 e. The highest BCUT2D eigenvalue weighted by Crippen LogP contribution is 2.33. The number of carbonyl (C=O) groups excluding carboxylic acids is 1. The predicted octanol–water partition coefficient (Wildman–Crippen LogP) is 4.57. The van der Waals surface area contributed by atoms with E-state index < -0.39 is 9.96 Å². The molecule has 2 aromatic carbocycles. The third-order valence-corrected chi connectivity index (χ3v) is 5.99. The van der Waals surface area contributed by atoms with E-state index in [0.29, 0.717) is 18.8 Å². The molecule has 1 atom stereocenters. The van der Waals surface area contributed by atoms with E-state index in [4.69, 9.17) is 47.0 Å². The smallest absolute Gasteiger partial charge is 0.243 e. The molecule has 0 spiro atoms. The molecule has 0 saturated carbocycles. The molecular formula is C22H20Cl3N5OS. The third-order valence-electron chi connectivity index (χ3n) is 5.15. The topological polar surface area (TPSA) is 60.5 Å². The fourth-order valence-corrected chi connectivity index (χ4v) is 4.38. The normalized spacial score (nSPS) is 15.5. The van der Waals surface area contributed by atoms with Gasteiger partial charge in [-0.25, -0.2) is 0 Å². The van der Waals surface area contributed by atoms with Gasteiger partial charge in [-0.1, -0.05) is 71.2 Å². The number of alkyl halides is 3. The minimum atomic E-state index is -1.80. The molecule has 0 radical (unpaired) electrons. The average Bonchev–Trinajstić information content (AvgIpc) is 2.78. The number of carbonyl (C=O) groups is 1. The van der Waals surface area contributed by atoms with Crippen molar-refractivity contribution >= 4 is 80.3 Å². The van der Waals surface area contributed by atoms with E-state index in [1.165, 1.54) is 4.90 Å². The van der Waals surface area contributed by atoms with Gasteiger partial charge in [0.15, 0.2) is 11.3 Å². The van der Waals surface area contributed by atoms with E-state index in [1.807, 2.05) is 65.6 Å². The first kappa shape index (κ1) is 22.9. The monoisotopic (exact) mass is 507 g/mol. The number of hydrogen-bond donors (Lipinski definition) is 2. The van der Waals surface area contributed by atoms with Crippen molar-refractivity contribution in [3.8, 4) is 0 Å². The SMILES string of the molecule is O=C1CN(c2ccccc2)CCN1C(NC(=S)Nc1cccc2cccnc12)C(Cl)(Cl)Cl. The Morgan fingerprint density at radius 1 is 1.03 bits per heavy atom. The maximum absolute atomic E-state index is 13.0. The van der Waals surface area contributed by atoms with Crippen LogP contribution < -0.4 is 15.5 Å². The van der Waals surface area contributed by atoms with E-state index in [2.05, 4.69) is 15.6 Å². The van der Waals surface area contributed by atoms with Crippen LogP contribution in [0.2, 0.25) is 0 Å². The van der Waals surface area contributed by atoms with Gasteiger partial charge in [-0.05, 0) is 36.5 Å². The van der Waals surface area contributed by atoms with Gasteiger partial charge in [-0.15, -0.1) is 0 Å². The first-order valence-corrected chi connectivity index (χ1v) is 11.4. The molecule has 1 aliphatic rings. The van der Waals surface area contributed by atoms with E-state index in [9.17, 15) is 4.79 Å². The molecule has 32 heavy (non-hydrogen) atoms. The number of nitrogens with zero attached hydrogens (tertiary/aromatic N) is 3. The number of para-hydroxylation sites is 2. The number of pyridine rings is 1. The number of hydrogen-bond acceptors (Lipinski definition) is 4. The molecule has 1 amide bonds. The number of aromatic nitrogens is 1. The fraction of sp³-hybridized carbons (Fsp3) is 0.227. The molecule has 2 N–H and O–H groups in total. The van der Waals surface area contributed by atoms with Gasteiger partial charge in [-0.2, -0.15) is 0 Å². The van der Waals surface area contributed by atoms with Crippen LogP contribution in [0.5, 0.6) is 0 Å². The number of thiocarbonyl (C=S) groups is 1. The minimum Gasteiger partial charge on any atom is -0.360 e. The van der Waals surface area contributed by atoms with Crippen LogP contribution in [-0.2, 0) is 4.79 Å². The molecular weight excluding hydrogens is 489 g/mol. The molecule has 1 fully saturated rings. The molecule has 4 rings (SSSR count). The Kier molecular flexibility index (Phi) is 6.90. The van der Waals surface area contributed by atoms with E-state index in [0.717, 1.165) is 16.6 Å². The van der Waals surface area contributed by atoms with E-state index in [-0.39, 0.29) is 17.6 Å². The third kappa shape index (κ3) is 5.18. The molecule has 0 bridgehead atoms. The zero-order chi connectivity index (χ0) is 22.7. The van der Waals surface area contributed by atoms with Crippen LogP contribution in [0.3, 0.4) is 0 Å².